The van der Waals surface area contributed by atoms with E-state index >= 15 is 0 Å². The Labute approximate surface area is 154 Å². The molecule has 0 aromatic heterocycles. The van der Waals surface area contributed by atoms with E-state index in [1.165, 1.54) is 11.8 Å². The fraction of sp³-hybridized carbons (Fsp3) is 0.333. The molecule has 0 bridgehead atoms. The molecule has 1 amide bonds. The van der Waals surface area contributed by atoms with Crippen molar-refractivity contribution in [3.63, 3.8) is 0 Å². The summed E-state index contributed by atoms with van der Waals surface area (Å²) >= 11 is 1.49. The molecule has 0 atom stereocenters. The second-order valence-corrected chi connectivity index (χ2v) is 7.44. The van der Waals surface area contributed by atoms with Crippen molar-refractivity contribution >= 4 is 17.7 Å². The molecule has 4 heteroatoms. The van der Waals surface area contributed by atoms with E-state index in [9.17, 15) is 10.1 Å². The summed E-state index contributed by atoms with van der Waals surface area (Å²) in [6, 6.07) is 15.7. The highest BCUT2D eigenvalue weighted by molar-refractivity contribution is 7.99. The van der Waals surface area contributed by atoms with Gasteiger partial charge in [0.25, 0.3) is 5.91 Å². The quantitative estimate of drug-likeness (QED) is 0.759. The maximum Gasteiger partial charge on any atom is 0.252 e. The van der Waals surface area contributed by atoms with E-state index in [-0.39, 0.29) is 5.91 Å². The van der Waals surface area contributed by atoms with Gasteiger partial charge in [0.15, 0.2) is 0 Å². The molecule has 0 spiro atoms. The zero-order chi connectivity index (χ0) is 18.2. The second kappa shape index (κ2) is 9.29. The number of benzene rings is 2. The van der Waals surface area contributed by atoms with Crippen LogP contribution < -0.4 is 5.32 Å². The summed E-state index contributed by atoms with van der Waals surface area (Å²) in [5, 5.41) is 12.3. The van der Waals surface area contributed by atoms with E-state index in [1.807, 2.05) is 43.3 Å². The van der Waals surface area contributed by atoms with Crippen molar-refractivity contribution in [1.29, 1.82) is 5.26 Å². The summed E-state index contributed by atoms with van der Waals surface area (Å²) in [7, 11) is 0. The molecule has 0 fully saturated rings. The Bertz CT molecular complexity index is 778. The van der Waals surface area contributed by atoms with Crippen LogP contribution in [0, 0.1) is 17.2 Å². The molecule has 130 valence electrons. The Kier molecular flexibility index (Phi) is 7.09. The lowest BCUT2D eigenvalue weighted by Gasteiger charge is -2.16. The molecule has 0 unspecified atom stereocenters. The van der Waals surface area contributed by atoms with Crippen molar-refractivity contribution in [3.05, 3.63) is 59.2 Å². The smallest absolute Gasteiger partial charge is 0.252 e. The normalized spacial score (nSPS) is 10.5. The van der Waals surface area contributed by atoms with Gasteiger partial charge in [-0.25, -0.2) is 0 Å². The van der Waals surface area contributed by atoms with Gasteiger partial charge in [0, 0.05) is 16.3 Å². The lowest BCUT2D eigenvalue weighted by atomic mass is 9.97. The predicted molar refractivity (Wildman–Crippen MR) is 103 cm³/mol. The molecule has 3 nitrogen and oxygen atoms in total. The highest BCUT2D eigenvalue weighted by Gasteiger charge is 2.18. The molecule has 0 aliphatic rings. The van der Waals surface area contributed by atoms with Gasteiger partial charge in [-0.1, -0.05) is 56.8 Å². The van der Waals surface area contributed by atoms with Crippen molar-refractivity contribution in [3.8, 4) is 6.07 Å². The Morgan fingerprint density at radius 1 is 1.16 bits per heavy atom. The lowest BCUT2D eigenvalue weighted by molar-refractivity contribution is 0.0949. The Balaban J connectivity index is 2.45. The fourth-order valence-electron chi connectivity index (χ4n) is 2.62. The first-order valence-corrected chi connectivity index (χ1v) is 9.45. The minimum absolute atomic E-state index is 0.0324. The van der Waals surface area contributed by atoms with E-state index < -0.39 is 0 Å². The molecule has 0 radical (unpaired) electrons. The van der Waals surface area contributed by atoms with Gasteiger partial charge >= 0.3 is 0 Å². The minimum atomic E-state index is -0.0324. The molecular formula is C21H24N2OS. The van der Waals surface area contributed by atoms with Crippen molar-refractivity contribution in [1.82, 2.24) is 5.32 Å². The van der Waals surface area contributed by atoms with E-state index in [0.717, 1.165) is 33.8 Å². The largest absolute Gasteiger partial charge is 0.352 e. The zero-order valence-electron chi connectivity index (χ0n) is 15.0. The third-order valence-corrected chi connectivity index (χ3v) is 4.87. The van der Waals surface area contributed by atoms with E-state index in [4.69, 9.17) is 0 Å². The molecule has 0 heterocycles. The molecule has 0 saturated carbocycles. The van der Waals surface area contributed by atoms with E-state index in [1.54, 1.807) is 6.07 Å². The van der Waals surface area contributed by atoms with Gasteiger partial charge in [-0.2, -0.15) is 5.26 Å². The van der Waals surface area contributed by atoms with Gasteiger partial charge in [0.2, 0.25) is 0 Å². The van der Waals surface area contributed by atoms with Crippen LogP contribution in [-0.2, 0) is 6.42 Å². The first kappa shape index (κ1) is 19.1. The first-order valence-electron chi connectivity index (χ1n) is 8.63. The predicted octanol–water partition coefficient (Wildman–Crippen LogP) is 5.05. The number of hydrogen-bond acceptors (Lipinski definition) is 3. The maximum absolute atomic E-state index is 12.8. The third-order valence-electron chi connectivity index (χ3n) is 3.73. The van der Waals surface area contributed by atoms with Crippen LogP contribution in [-0.4, -0.2) is 12.5 Å². The van der Waals surface area contributed by atoms with Crippen LogP contribution in [0.25, 0.3) is 0 Å². The van der Waals surface area contributed by atoms with Crippen LogP contribution in [0.1, 0.15) is 48.7 Å². The minimum Gasteiger partial charge on any atom is -0.352 e. The monoisotopic (exact) mass is 352 g/mol. The van der Waals surface area contributed by atoms with Gasteiger partial charge < -0.3 is 5.32 Å². The number of carbonyl (C=O) groups is 1. The Hall–Kier alpha value is -2.25. The summed E-state index contributed by atoms with van der Waals surface area (Å²) in [5.41, 5.74) is 2.42. The molecule has 2 aromatic carbocycles. The topological polar surface area (TPSA) is 52.9 Å². The summed E-state index contributed by atoms with van der Waals surface area (Å²) in [4.78, 5) is 14.6. The van der Waals surface area contributed by atoms with Gasteiger partial charge in [-0.3, -0.25) is 4.79 Å². The Morgan fingerprint density at radius 3 is 2.56 bits per heavy atom. The van der Waals surface area contributed by atoms with Crippen LogP contribution in [0.15, 0.2) is 52.3 Å². The first-order chi connectivity index (χ1) is 12.1. The fourth-order valence-corrected chi connectivity index (χ4v) is 3.70. The SMILES string of the molecule is CCCNC(=O)c1c(CC(C)C)cccc1Sc1ccccc1C#N. The lowest BCUT2D eigenvalue weighted by Crippen LogP contribution is -2.26. The highest BCUT2D eigenvalue weighted by atomic mass is 32.2. The highest BCUT2D eigenvalue weighted by Crippen LogP contribution is 2.34. The number of nitrogens with one attached hydrogen (secondary N) is 1. The van der Waals surface area contributed by atoms with Crippen molar-refractivity contribution < 1.29 is 4.79 Å². The summed E-state index contributed by atoms with van der Waals surface area (Å²) in [6.07, 6.45) is 1.75. The van der Waals surface area contributed by atoms with Gasteiger partial charge in [0.1, 0.15) is 6.07 Å². The van der Waals surface area contributed by atoms with Gasteiger partial charge in [-0.05, 0) is 42.5 Å². The Morgan fingerprint density at radius 2 is 1.88 bits per heavy atom. The number of nitrogens with zero attached hydrogens (tertiary/aromatic N) is 1. The van der Waals surface area contributed by atoms with Crippen LogP contribution >= 0.6 is 11.8 Å². The molecule has 0 saturated heterocycles. The molecule has 0 aliphatic carbocycles. The summed E-state index contributed by atoms with van der Waals surface area (Å²) in [6.45, 7) is 7.00. The number of rotatable bonds is 7. The number of hydrogen-bond donors (Lipinski definition) is 1. The van der Waals surface area contributed by atoms with Crippen molar-refractivity contribution in [2.24, 2.45) is 5.92 Å². The zero-order valence-corrected chi connectivity index (χ0v) is 15.8. The second-order valence-electron chi connectivity index (χ2n) is 6.35. The van der Waals surface area contributed by atoms with Crippen LogP contribution in [0.4, 0.5) is 0 Å². The third kappa shape index (κ3) is 5.11. The van der Waals surface area contributed by atoms with Crippen molar-refractivity contribution in [2.45, 2.75) is 43.4 Å². The summed E-state index contributed by atoms with van der Waals surface area (Å²) in [5.74, 6) is 0.430. The van der Waals surface area contributed by atoms with Crippen molar-refractivity contribution in [2.75, 3.05) is 6.54 Å². The van der Waals surface area contributed by atoms with Crippen LogP contribution in [0.3, 0.4) is 0 Å². The van der Waals surface area contributed by atoms with Crippen LogP contribution in [0.2, 0.25) is 0 Å². The average molecular weight is 353 g/mol. The molecule has 1 N–H and O–H groups in total. The van der Waals surface area contributed by atoms with Gasteiger partial charge in [0.05, 0.1) is 11.1 Å². The number of nitriles is 1. The average Bonchev–Trinajstić information content (AvgIpc) is 2.60. The molecule has 2 aromatic rings. The van der Waals surface area contributed by atoms with E-state index in [2.05, 4.69) is 25.2 Å². The van der Waals surface area contributed by atoms with E-state index in [0.29, 0.717) is 18.0 Å². The molecular weight excluding hydrogens is 328 g/mol. The maximum atomic E-state index is 12.8. The molecule has 2 rings (SSSR count). The molecule has 0 aliphatic heterocycles. The van der Waals surface area contributed by atoms with Crippen LogP contribution in [0.5, 0.6) is 0 Å². The number of carbonyl (C=O) groups excluding carboxylic acids is 1. The summed E-state index contributed by atoms with van der Waals surface area (Å²) < 4.78 is 0. The molecule has 25 heavy (non-hydrogen) atoms. The van der Waals surface area contributed by atoms with Gasteiger partial charge in [-0.15, -0.1) is 0 Å². The number of amides is 1. The standard InChI is InChI=1S/C21H24N2OS/c1-4-12-23-21(24)20-16(13-15(2)3)9-7-11-19(20)25-18-10-6-5-8-17(18)14-22/h5-11,15H,4,12-13H2,1-3H3,(H,23,24).